The Balaban J connectivity index is 1.70. The molecule has 0 radical (unpaired) electrons. The molecule has 0 saturated carbocycles. The molecule has 2 aromatic heterocycles. The van der Waals surface area contributed by atoms with Crippen molar-refractivity contribution in [3.63, 3.8) is 0 Å². The van der Waals surface area contributed by atoms with E-state index in [0.29, 0.717) is 0 Å². The molecule has 0 aliphatic rings. The summed E-state index contributed by atoms with van der Waals surface area (Å²) in [7, 11) is 0. The second kappa shape index (κ2) is 5.77. The van der Waals surface area contributed by atoms with Crippen LogP contribution in [0.15, 0.2) is 12.1 Å². The molecular formula is C13H22N6. The van der Waals surface area contributed by atoms with E-state index in [1.807, 2.05) is 37.3 Å². The molecule has 0 amide bonds. The van der Waals surface area contributed by atoms with E-state index >= 15 is 0 Å². The lowest BCUT2D eigenvalue weighted by Gasteiger charge is -2.10. The number of aromatic nitrogens is 4. The van der Waals surface area contributed by atoms with Gasteiger partial charge in [-0.15, -0.1) is 0 Å². The fourth-order valence-electron chi connectivity index (χ4n) is 2.04. The Bertz CT molecular complexity index is 491. The zero-order valence-corrected chi connectivity index (χ0v) is 12.1. The molecule has 0 spiro atoms. The van der Waals surface area contributed by atoms with Crippen molar-refractivity contribution in [3.8, 4) is 0 Å². The smallest absolute Gasteiger partial charge is 0.0617 e. The van der Waals surface area contributed by atoms with Gasteiger partial charge in [0.15, 0.2) is 0 Å². The predicted molar refractivity (Wildman–Crippen MR) is 76.5 cm³/mol. The van der Waals surface area contributed by atoms with Gasteiger partial charge in [0.1, 0.15) is 0 Å². The number of hydrogen-bond acceptors (Lipinski definition) is 4. The Morgan fingerprint density at radius 1 is 0.842 bits per heavy atom. The van der Waals surface area contributed by atoms with E-state index in [4.69, 9.17) is 0 Å². The van der Waals surface area contributed by atoms with Crippen LogP contribution in [-0.4, -0.2) is 32.9 Å². The molecule has 2 aromatic rings. The molecule has 0 saturated heterocycles. The second-order valence-corrected chi connectivity index (χ2v) is 4.85. The molecule has 2 rings (SSSR count). The quantitative estimate of drug-likeness (QED) is 0.774. The van der Waals surface area contributed by atoms with Gasteiger partial charge in [-0.3, -0.25) is 0 Å². The fourth-order valence-corrected chi connectivity index (χ4v) is 2.04. The van der Waals surface area contributed by atoms with Crippen LogP contribution in [0, 0.1) is 27.7 Å². The van der Waals surface area contributed by atoms with E-state index < -0.39 is 0 Å². The number of nitrogens with one attached hydrogen (secondary N) is 2. The van der Waals surface area contributed by atoms with E-state index in [-0.39, 0.29) is 0 Å². The highest BCUT2D eigenvalue weighted by Gasteiger charge is 2.00. The molecule has 2 heterocycles. The van der Waals surface area contributed by atoms with Crippen LogP contribution in [0.5, 0.6) is 0 Å². The van der Waals surface area contributed by atoms with Crippen LogP contribution in [-0.2, 0) is 0 Å². The molecule has 104 valence electrons. The summed E-state index contributed by atoms with van der Waals surface area (Å²) in [5.74, 6) is 0. The zero-order chi connectivity index (χ0) is 13.8. The molecular weight excluding hydrogens is 240 g/mol. The van der Waals surface area contributed by atoms with Gasteiger partial charge in [-0.1, -0.05) is 0 Å². The summed E-state index contributed by atoms with van der Waals surface area (Å²) in [4.78, 5) is 3.66. The van der Waals surface area contributed by atoms with Crippen molar-refractivity contribution in [2.45, 2.75) is 34.1 Å². The van der Waals surface area contributed by atoms with Crippen LogP contribution in [0.2, 0.25) is 0 Å². The lowest BCUT2D eigenvalue weighted by molar-refractivity contribution is 0.652. The number of aryl methyl sites for hydroxylation is 4. The maximum absolute atomic E-state index is 4.35. The second-order valence-electron chi connectivity index (χ2n) is 4.85. The number of hydrogen-bond donors (Lipinski definition) is 2. The Hall–Kier alpha value is -1.98. The first kappa shape index (κ1) is 13.5. The topological polar surface area (TPSA) is 59.7 Å². The first-order valence-corrected chi connectivity index (χ1v) is 6.60. The number of rotatable bonds is 6. The molecule has 0 bridgehead atoms. The third kappa shape index (κ3) is 3.49. The molecule has 0 fully saturated rings. The summed E-state index contributed by atoms with van der Waals surface area (Å²) in [6, 6.07) is 4.11. The van der Waals surface area contributed by atoms with E-state index in [2.05, 4.69) is 33.2 Å². The van der Waals surface area contributed by atoms with E-state index in [9.17, 15) is 0 Å². The lowest BCUT2D eigenvalue weighted by atomic mass is 10.4. The van der Waals surface area contributed by atoms with E-state index in [0.717, 1.165) is 42.3 Å². The van der Waals surface area contributed by atoms with Gasteiger partial charge in [-0.2, -0.15) is 19.8 Å². The SMILES string of the molecule is Cc1cc(C)n(NCCCNn2nc(C)cc2C)n1. The van der Waals surface area contributed by atoms with Crippen molar-refractivity contribution in [1.82, 2.24) is 19.8 Å². The third-order valence-electron chi connectivity index (χ3n) is 2.90. The van der Waals surface area contributed by atoms with Crippen LogP contribution in [0.4, 0.5) is 0 Å². The van der Waals surface area contributed by atoms with E-state index in [1.54, 1.807) is 0 Å². The minimum absolute atomic E-state index is 0.869. The Labute approximate surface area is 113 Å². The first-order valence-electron chi connectivity index (χ1n) is 6.60. The molecule has 0 aromatic carbocycles. The molecule has 0 unspecified atom stereocenters. The average molecular weight is 262 g/mol. The Kier molecular flexibility index (Phi) is 4.09. The van der Waals surface area contributed by atoms with Crippen molar-refractivity contribution < 1.29 is 0 Å². The molecule has 0 atom stereocenters. The summed E-state index contributed by atoms with van der Waals surface area (Å²) < 4.78 is 0. The Morgan fingerprint density at radius 2 is 1.26 bits per heavy atom. The average Bonchev–Trinajstić information content (AvgIpc) is 2.81. The first-order chi connectivity index (χ1) is 9.06. The lowest BCUT2D eigenvalue weighted by Crippen LogP contribution is -2.24. The van der Waals surface area contributed by atoms with Gasteiger partial charge in [0.25, 0.3) is 0 Å². The maximum Gasteiger partial charge on any atom is 0.0617 e. The van der Waals surface area contributed by atoms with Crippen molar-refractivity contribution in [2.24, 2.45) is 0 Å². The van der Waals surface area contributed by atoms with Crippen LogP contribution in [0.3, 0.4) is 0 Å². The molecule has 0 aliphatic heterocycles. The highest BCUT2D eigenvalue weighted by Crippen LogP contribution is 2.00. The van der Waals surface area contributed by atoms with Gasteiger partial charge in [-0.25, -0.2) is 0 Å². The normalized spacial score (nSPS) is 10.7. The largest absolute Gasteiger partial charge is 0.310 e. The Morgan fingerprint density at radius 3 is 1.58 bits per heavy atom. The van der Waals surface area contributed by atoms with Gasteiger partial charge < -0.3 is 10.9 Å². The van der Waals surface area contributed by atoms with E-state index in [1.165, 1.54) is 0 Å². The van der Waals surface area contributed by atoms with Crippen LogP contribution < -0.4 is 10.9 Å². The summed E-state index contributed by atoms with van der Waals surface area (Å²) in [5, 5.41) is 8.70. The van der Waals surface area contributed by atoms with Crippen molar-refractivity contribution >= 4 is 0 Å². The molecule has 6 heteroatoms. The summed E-state index contributed by atoms with van der Waals surface area (Å²) in [5.41, 5.74) is 10.9. The third-order valence-corrected chi connectivity index (χ3v) is 2.90. The fraction of sp³-hybridized carbons (Fsp3) is 0.538. The number of nitrogens with zero attached hydrogens (tertiary/aromatic N) is 4. The van der Waals surface area contributed by atoms with Crippen molar-refractivity contribution in [1.29, 1.82) is 0 Å². The molecule has 0 aliphatic carbocycles. The molecule has 6 nitrogen and oxygen atoms in total. The van der Waals surface area contributed by atoms with Crippen molar-refractivity contribution in [2.75, 3.05) is 23.9 Å². The standard InChI is InChI=1S/C13H22N6/c1-10-8-12(3)18(16-10)14-6-5-7-15-19-13(4)9-11(2)17-19/h8-9,14-15H,5-7H2,1-4H3. The summed E-state index contributed by atoms with van der Waals surface area (Å²) in [6.07, 6.45) is 0.997. The minimum atomic E-state index is 0.869. The van der Waals surface area contributed by atoms with Gasteiger partial charge in [-0.05, 0) is 46.2 Å². The highest BCUT2D eigenvalue weighted by atomic mass is 15.6. The van der Waals surface area contributed by atoms with Crippen LogP contribution >= 0.6 is 0 Å². The van der Waals surface area contributed by atoms with Gasteiger partial charge in [0, 0.05) is 13.1 Å². The highest BCUT2D eigenvalue weighted by molar-refractivity contribution is 5.08. The minimum Gasteiger partial charge on any atom is -0.310 e. The van der Waals surface area contributed by atoms with Gasteiger partial charge in [0.05, 0.1) is 22.8 Å². The maximum atomic E-state index is 4.35. The van der Waals surface area contributed by atoms with Gasteiger partial charge >= 0.3 is 0 Å². The summed E-state index contributed by atoms with van der Waals surface area (Å²) >= 11 is 0. The van der Waals surface area contributed by atoms with Crippen molar-refractivity contribution in [3.05, 3.63) is 34.9 Å². The monoisotopic (exact) mass is 262 g/mol. The predicted octanol–water partition coefficient (Wildman–Crippen LogP) is 1.49. The zero-order valence-electron chi connectivity index (χ0n) is 12.1. The van der Waals surface area contributed by atoms with Gasteiger partial charge in [0.2, 0.25) is 0 Å². The van der Waals surface area contributed by atoms with Crippen LogP contribution in [0.1, 0.15) is 29.2 Å². The molecule has 19 heavy (non-hydrogen) atoms. The molecule has 2 N–H and O–H groups in total. The van der Waals surface area contributed by atoms with Crippen LogP contribution in [0.25, 0.3) is 0 Å². The summed E-state index contributed by atoms with van der Waals surface area (Å²) in [6.45, 7) is 9.82.